The van der Waals surface area contributed by atoms with Crippen LogP contribution in [0.1, 0.15) is 30.9 Å². The van der Waals surface area contributed by atoms with Crippen LogP contribution in [0.3, 0.4) is 0 Å². The van der Waals surface area contributed by atoms with E-state index in [2.05, 4.69) is 29.2 Å². The summed E-state index contributed by atoms with van der Waals surface area (Å²) < 4.78 is 11.1. The standard InChI is InChI=1S/C24H29NO3/c1-2-28-24(26)22-14-9-15-25(18-22)16-17-27-19-23(20-10-5-3-6-11-20)21-12-7-4-8-13-21/h3-8,10-13,19,22H,2,9,14-18H2,1H3. The van der Waals surface area contributed by atoms with Crippen LogP contribution in [0.5, 0.6) is 0 Å². The molecular formula is C24H29NO3. The molecule has 1 unspecified atom stereocenters. The quantitative estimate of drug-likeness (QED) is 0.388. The van der Waals surface area contributed by atoms with Crippen molar-refractivity contribution in [2.45, 2.75) is 19.8 Å². The molecule has 2 aromatic rings. The molecule has 0 spiro atoms. The Labute approximate surface area is 167 Å². The van der Waals surface area contributed by atoms with Gasteiger partial charge < -0.3 is 9.47 Å². The molecule has 0 radical (unpaired) electrons. The molecule has 0 amide bonds. The van der Waals surface area contributed by atoms with E-state index in [1.165, 1.54) is 0 Å². The summed E-state index contributed by atoms with van der Waals surface area (Å²) >= 11 is 0. The molecule has 0 bridgehead atoms. The molecular weight excluding hydrogens is 350 g/mol. The van der Waals surface area contributed by atoms with E-state index in [9.17, 15) is 4.79 Å². The lowest BCUT2D eigenvalue weighted by Gasteiger charge is -2.31. The highest BCUT2D eigenvalue weighted by molar-refractivity contribution is 5.79. The van der Waals surface area contributed by atoms with Crippen LogP contribution in [0, 0.1) is 5.92 Å². The van der Waals surface area contributed by atoms with Crippen molar-refractivity contribution >= 4 is 11.5 Å². The zero-order valence-electron chi connectivity index (χ0n) is 16.5. The molecule has 0 saturated carbocycles. The van der Waals surface area contributed by atoms with Gasteiger partial charge in [-0.3, -0.25) is 9.69 Å². The number of hydrogen-bond acceptors (Lipinski definition) is 4. The second-order valence-electron chi connectivity index (χ2n) is 7.03. The average Bonchev–Trinajstić information content (AvgIpc) is 2.75. The average molecular weight is 380 g/mol. The van der Waals surface area contributed by atoms with E-state index < -0.39 is 0 Å². The minimum Gasteiger partial charge on any atom is -0.499 e. The van der Waals surface area contributed by atoms with E-state index in [0.717, 1.165) is 49.2 Å². The molecule has 1 aliphatic heterocycles. The van der Waals surface area contributed by atoms with Gasteiger partial charge in [0.2, 0.25) is 0 Å². The van der Waals surface area contributed by atoms with Gasteiger partial charge in [-0.1, -0.05) is 60.7 Å². The van der Waals surface area contributed by atoms with Crippen LogP contribution in [0.25, 0.3) is 5.57 Å². The van der Waals surface area contributed by atoms with Crippen molar-refractivity contribution in [1.29, 1.82) is 0 Å². The highest BCUT2D eigenvalue weighted by Gasteiger charge is 2.26. The molecule has 1 heterocycles. The second kappa shape index (κ2) is 10.7. The zero-order chi connectivity index (χ0) is 19.6. The highest BCUT2D eigenvalue weighted by atomic mass is 16.5. The Bertz CT molecular complexity index is 716. The summed E-state index contributed by atoms with van der Waals surface area (Å²) in [6.45, 7) is 5.48. The van der Waals surface area contributed by atoms with Crippen molar-refractivity contribution in [3.8, 4) is 0 Å². The van der Waals surface area contributed by atoms with Gasteiger partial charge in [0.1, 0.15) is 6.61 Å². The minimum absolute atomic E-state index is 0.00607. The van der Waals surface area contributed by atoms with Crippen LogP contribution >= 0.6 is 0 Å². The molecule has 0 N–H and O–H groups in total. The summed E-state index contributed by atoms with van der Waals surface area (Å²) in [5, 5.41) is 0. The third-order valence-electron chi connectivity index (χ3n) is 5.02. The lowest BCUT2D eigenvalue weighted by Crippen LogP contribution is -2.40. The van der Waals surface area contributed by atoms with Crippen molar-refractivity contribution in [3.05, 3.63) is 78.1 Å². The number of benzene rings is 2. The van der Waals surface area contributed by atoms with E-state index in [1.54, 1.807) is 0 Å². The Kier molecular flexibility index (Phi) is 7.68. The zero-order valence-corrected chi connectivity index (χ0v) is 16.5. The maximum Gasteiger partial charge on any atom is 0.310 e. The van der Waals surface area contributed by atoms with Crippen molar-refractivity contribution in [3.63, 3.8) is 0 Å². The van der Waals surface area contributed by atoms with E-state index in [1.807, 2.05) is 49.6 Å². The number of rotatable bonds is 8. The maximum absolute atomic E-state index is 12.0. The number of esters is 1. The SMILES string of the molecule is CCOC(=O)C1CCCN(CCOC=C(c2ccccc2)c2ccccc2)C1. The second-order valence-corrected chi connectivity index (χ2v) is 7.03. The number of carbonyl (C=O) groups excluding carboxylic acids is 1. The molecule has 4 nitrogen and oxygen atoms in total. The molecule has 2 aromatic carbocycles. The van der Waals surface area contributed by atoms with Crippen molar-refractivity contribution in [1.82, 2.24) is 4.90 Å². The first-order chi connectivity index (χ1) is 13.8. The predicted molar refractivity (Wildman–Crippen MR) is 112 cm³/mol. The lowest BCUT2D eigenvalue weighted by molar-refractivity contribution is -0.150. The van der Waals surface area contributed by atoms with Gasteiger partial charge in [0.15, 0.2) is 0 Å². The smallest absolute Gasteiger partial charge is 0.310 e. The van der Waals surface area contributed by atoms with E-state index in [-0.39, 0.29) is 11.9 Å². The molecule has 1 saturated heterocycles. The molecule has 0 aromatic heterocycles. The highest BCUT2D eigenvalue weighted by Crippen LogP contribution is 2.23. The Balaban J connectivity index is 1.58. The van der Waals surface area contributed by atoms with Crippen molar-refractivity contribution in [2.24, 2.45) is 5.92 Å². The van der Waals surface area contributed by atoms with Gasteiger partial charge in [0.25, 0.3) is 0 Å². The number of ether oxygens (including phenoxy) is 2. The molecule has 1 aliphatic rings. The topological polar surface area (TPSA) is 38.8 Å². The van der Waals surface area contributed by atoms with Gasteiger partial charge in [-0.15, -0.1) is 0 Å². The molecule has 0 aliphatic carbocycles. The predicted octanol–water partition coefficient (Wildman–Crippen LogP) is 4.37. The fourth-order valence-corrected chi connectivity index (χ4v) is 3.57. The van der Waals surface area contributed by atoms with E-state index in [4.69, 9.17) is 9.47 Å². The number of piperidine rings is 1. The summed E-state index contributed by atoms with van der Waals surface area (Å²) in [4.78, 5) is 14.3. The monoisotopic (exact) mass is 379 g/mol. The lowest BCUT2D eigenvalue weighted by atomic mass is 9.98. The van der Waals surface area contributed by atoms with Crippen LogP contribution in [0.2, 0.25) is 0 Å². The Morgan fingerprint density at radius 2 is 1.71 bits per heavy atom. The summed E-state index contributed by atoms with van der Waals surface area (Å²) in [5.41, 5.74) is 3.34. The van der Waals surface area contributed by atoms with Gasteiger partial charge in [-0.2, -0.15) is 0 Å². The Hall–Kier alpha value is -2.59. The fourth-order valence-electron chi connectivity index (χ4n) is 3.57. The largest absolute Gasteiger partial charge is 0.499 e. The van der Waals surface area contributed by atoms with Gasteiger partial charge in [-0.25, -0.2) is 0 Å². The summed E-state index contributed by atoms with van der Waals surface area (Å²) in [6, 6.07) is 20.6. The number of carbonyl (C=O) groups is 1. The molecule has 148 valence electrons. The van der Waals surface area contributed by atoms with Crippen LogP contribution < -0.4 is 0 Å². The van der Waals surface area contributed by atoms with Gasteiger partial charge >= 0.3 is 5.97 Å². The van der Waals surface area contributed by atoms with Gasteiger partial charge in [0.05, 0.1) is 18.8 Å². The third kappa shape index (κ3) is 5.70. The molecule has 1 atom stereocenters. The summed E-state index contributed by atoms with van der Waals surface area (Å²) in [6.07, 6.45) is 3.80. The fraction of sp³-hybridized carbons (Fsp3) is 0.375. The minimum atomic E-state index is -0.0662. The van der Waals surface area contributed by atoms with Crippen LogP contribution in [-0.2, 0) is 14.3 Å². The Morgan fingerprint density at radius 1 is 1.07 bits per heavy atom. The van der Waals surface area contributed by atoms with Gasteiger partial charge in [0, 0.05) is 18.7 Å². The number of likely N-dealkylation sites (tertiary alicyclic amines) is 1. The maximum atomic E-state index is 12.0. The van der Waals surface area contributed by atoms with Crippen LogP contribution in [0.15, 0.2) is 66.9 Å². The first kappa shape index (κ1) is 20.2. The molecule has 28 heavy (non-hydrogen) atoms. The van der Waals surface area contributed by atoms with E-state index in [0.29, 0.717) is 13.2 Å². The third-order valence-corrected chi connectivity index (χ3v) is 5.02. The van der Waals surface area contributed by atoms with E-state index >= 15 is 0 Å². The Morgan fingerprint density at radius 3 is 2.32 bits per heavy atom. The molecule has 3 rings (SSSR count). The molecule has 1 fully saturated rings. The van der Waals surface area contributed by atoms with Crippen LogP contribution in [-0.4, -0.2) is 43.7 Å². The normalized spacial score (nSPS) is 17.0. The molecule has 4 heteroatoms. The van der Waals surface area contributed by atoms with Crippen molar-refractivity contribution in [2.75, 3.05) is 32.8 Å². The van der Waals surface area contributed by atoms with Crippen LogP contribution in [0.4, 0.5) is 0 Å². The summed E-state index contributed by atoms with van der Waals surface area (Å²) in [7, 11) is 0. The summed E-state index contributed by atoms with van der Waals surface area (Å²) in [5.74, 6) is -0.0723. The number of hydrogen-bond donors (Lipinski definition) is 0. The first-order valence-corrected chi connectivity index (χ1v) is 10.1. The van der Waals surface area contributed by atoms with Gasteiger partial charge in [-0.05, 0) is 37.4 Å². The van der Waals surface area contributed by atoms with Crippen molar-refractivity contribution < 1.29 is 14.3 Å². The number of nitrogens with zero attached hydrogens (tertiary/aromatic N) is 1. The first-order valence-electron chi connectivity index (χ1n) is 10.1.